The number of aryl methyl sites for hydroxylation is 1. The Labute approximate surface area is 131 Å². The first kappa shape index (κ1) is 14.5. The number of nitro benzene ring substituents is 1. The highest BCUT2D eigenvalue weighted by Gasteiger charge is 2.13. The zero-order valence-corrected chi connectivity index (χ0v) is 13.9. The summed E-state index contributed by atoms with van der Waals surface area (Å²) in [7, 11) is 0. The minimum atomic E-state index is -0.365. The summed E-state index contributed by atoms with van der Waals surface area (Å²) in [4.78, 5) is 11.7. The van der Waals surface area contributed by atoms with Gasteiger partial charge in [0, 0.05) is 22.0 Å². The van der Waals surface area contributed by atoms with Crippen molar-refractivity contribution in [2.24, 2.45) is 0 Å². The third-order valence-corrected chi connectivity index (χ3v) is 5.76. The molecule has 0 aliphatic rings. The number of rotatable bonds is 4. The molecule has 100 valence electrons. The van der Waals surface area contributed by atoms with Gasteiger partial charge in [-0.25, -0.2) is 0 Å². The third kappa shape index (κ3) is 3.55. The van der Waals surface area contributed by atoms with Crippen LogP contribution in [0, 0.1) is 17.0 Å². The van der Waals surface area contributed by atoms with E-state index >= 15 is 0 Å². The molecule has 0 aliphatic heterocycles. The Bertz CT molecular complexity index is 609. The molecule has 1 aromatic carbocycles. The van der Waals surface area contributed by atoms with Gasteiger partial charge in [0.2, 0.25) is 0 Å². The molecule has 7 heteroatoms. The molecule has 0 aliphatic carbocycles. The molecule has 2 rings (SSSR count). The summed E-state index contributed by atoms with van der Waals surface area (Å²) in [5.41, 5.74) is 1.52. The summed E-state index contributed by atoms with van der Waals surface area (Å²) in [6.07, 6.45) is 0. The van der Waals surface area contributed by atoms with Gasteiger partial charge in [-0.15, -0.1) is 11.3 Å². The van der Waals surface area contributed by atoms with Gasteiger partial charge in [-0.2, -0.15) is 0 Å². The summed E-state index contributed by atoms with van der Waals surface area (Å²) in [5, 5.41) is 14.1. The van der Waals surface area contributed by atoms with Gasteiger partial charge in [0.1, 0.15) is 5.69 Å². The largest absolute Gasteiger partial charge is 0.375 e. The van der Waals surface area contributed by atoms with Gasteiger partial charge in [-0.1, -0.05) is 6.07 Å². The van der Waals surface area contributed by atoms with Crippen molar-refractivity contribution in [3.8, 4) is 0 Å². The van der Waals surface area contributed by atoms with Gasteiger partial charge in [0.05, 0.1) is 8.71 Å². The van der Waals surface area contributed by atoms with Crippen molar-refractivity contribution in [1.29, 1.82) is 0 Å². The molecule has 0 saturated heterocycles. The molecule has 0 spiro atoms. The predicted molar refractivity (Wildman–Crippen MR) is 84.9 cm³/mol. The van der Waals surface area contributed by atoms with Crippen molar-refractivity contribution < 1.29 is 4.92 Å². The van der Waals surface area contributed by atoms with Crippen molar-refractivity contribution in [2.75, 3.05) is 5.32 Å². The molecule has 1 aromatic heterocycles. The van der Waals surface area contributed by atoms with Crippen molar-refractivity contribution in [3.05, 3.63) is 53.1 Å². The highest BCUT2D eigenvalue weighted by molar-refractivity contribution is 9.13. The minimum absolute atomic E-state index is 0.106. The van der Waals surface area contributed by atoms with E-state index in [1.54, 1.807) is 23.5 Å². The number of thiophene rings is 1. The number of nitrogens with zero attached hydrogens (tertiary/aromatic N) is 1. The number of anilines is 1. The zero-order valence-electron chi connectivity index (χ0n) is 9.94. The van der Waals surface area contributed by atoms with Gasteiger partial charge in [-0.3, -0.25) is 10.1 Å². The fourth-order valence-electron chi connectivity index (χ4n) is 1.60. The molecule has 0 amide bonds. The number of halogens is 2. The lowest BCUT2D eigenvalue weighted by Gasteiger charge is -2.06. The lowest BCUT2D eigenvalue weighted by Crippen LogP contribution is -2.01. The van der Waals surface area contributed by atoms with Crippen LogP contribution in [0.1, 0.15) is 10.4 Å². The SMILES string of the molecule is Cc1ccc(NCc2cc(Br)c(Br)s2)c([N+](=O)[O-])c1. The number of nitrogens with one attached hydrogen (secondary N) is 1. The van der Waals surface area contributed by atoms with E-state index in [9.17, 15) is 10.1 Å². The summed E-state index contributed by atoms with van der Waals surface area (Å²) < 4.78 is 2.01. The maximum Gasteiger partial charge on any atom is 0.292 e. The van der Waals surface area contributed by atoms with Crippen LogP contribution >= 0.6 is 43.2 Å². The minimum Gasteiger partial charge on any atom is -0.375 e. The highest BCUT2D eigenvalue weighted by Crippen LogP contribution is 2.33. The van der Waals surface area contributed by atoms with E-state index < -0.39 is 0 Å². The van der Waals surface area contributed by atoms with E-state index in [1.807, 2.05) is 19.1 Å². The summed E-state index contributed by atoms with van der Waals surface area (Å²) in [6.45, 7) is 2.39. The molecule has 0 unspecified atom stereocenters. The first-order valence-corrected chi connectivity index (χ1v) is 7.80. The first-order valence-electron chi connectivity index (χ1n) is 5.40. The van der Waals surface area contributed by atoms with Gasteiger partial charge >= 0.3 is 0 Å². The van der Waals surface area contributed by atoms with E-state index in [2.05, 4.69) is 37.2 Å². The van der Waals surface area contributed by atoms with E-state index in [0.29, 0.717) is 12.2 Å². The monoisotopic (exact) mass is 404 g/mol. The number of hydrogen-bond donors (Lipinski definition) is 1. The Morgan fingerprint density at radius 3 is 2.68 bits per heavy atom. The quantitative estimate of drug-likeness (QED) is 0.568. The maximum atomic E-state index is 11.0. The maximum absolute atomic E-state index is 11.0. The average Bonchev–Trinajstić information content (AvgIpc) is 2.67. The van der Waals surface area contributed by atoms with Crippen LogP contribution in [0.2, 0.25) is 0 Å². The standard InChI is InChI=1S/C12H10Br2N2O2S/c1-7-2-3-10(11(4-7)16(17)18)15-6-8-5-9(13)12(14)19-8/h2-5,15H,6H2,1H3. The highest BCUT2D eigenvalue weighted by atomic mass is 79.9. The van der Waals surface area contributed by atoms with E-state index in [4.69, 9.17) is 0 Å². The van der Waals surface area contributed by atoms with E-state index in [0.717, 1.165) is 18.7 Å². The Hall–Kier alpha value is -0.920. The van der Waals surface area contributed by atoms with Crippen LogP contribution in [-0.4, -0.2) is 4.92 Å². The molecule has 0 saturated carbocycles. The van der Waals surface area contributed by atoms with Crippen LogP contribution in [0.25, 0.3) is 0 Å². The normalized spacial score (nSPS) is 10.5. The van der Waals surface area contributed by atoms with Crippen LogP contribution < -0.4 is 5.32 Å². The van der Waals surface area contributed by atoms with Gasteiger partial charge in [0.15, 0.2) is 0 Å². The first-order chi connectivity index (χ1) is 8.97. The molecule has 0 atom stereocenters. The second-order valence-electron chi connectivity index (χ2n) is 3.97. The van der Waals surface area contributed by atoms with Crippen molar-refractivity contribution >= 4 is 54.6 Å². The Balaban J connectivity index is 2.17. The number of hydrogen-bond acceptors (Lipinski definition) is 4. The lowest BCUT2D eigenvalue weighted by atomic mass is 10.2. The van der Waals surface area contributed by atoms with E-state index in [1.165, 1.54) is 0 Å². The third-order valence-electron chi connectivity index (χ3n) is 2.50. The van der Waals surface area contributed by atoms with Crippen LogP contribution in [0.3, 0.4) is 0 Å². The molecular weight excluding hydrogens is 396 g/mol. The van der Waals surface area contributed by atoms with Crippen LogP contribution in [0.5, 0.6) is 0 Å². The molecule has 0 radical (unpaired) electrons. The van der Waals surface area contributed by atoms with Crippen LogP contribution in [0.4, 0.5) is 11.4 Å². The van der Waals surface area contributed by atoms with Gasteiger partial charge in [-0.05, 0) is 56.5 Å². The fraction of sp³-hybridized carbons (Fsp3) is 0.167. The number of benzene rings is 1. The van der Waals surface area contributed by atoms with Crippen molar-refractivity contribution in [1.82, 2.24) is 0 Å². The van der Waals surface area contributed by atoms with Crippen LogP contribution in [-0.2, 0) is 6.54 Å². The zero-order chi connectivity index (χ0) is 14.0. The van der Waals surface area contributed by atoms with Gasteiger partial charge in [0.25, 0.3) is 5.69 Å². The Morgan fingerprint density at radius 1 is 1.37 bits per heavy atom. The molecule has 1 N–H and O–H groups in total. The molecule has 4 nitrogen and oxygen atoms in total. The second-order valence-corrected chi connectivity index (χ2v) is 7.27. The molecule has 19 heavy (non-hydrogen) atoms. The summed E-state index contributed by atoms with van der Waals surface area (Å²) in [6, 6.07) is 7.16. The number of nitro groups is 1. The average molecular weight is 406 g/mol. The van der Waals surface area contributed by atoms with Gasteiger partial charge < -0.3 is 5.32 Å². The molecular formula is C12H10Br2N2O2S. The van der Waals surface area contributed by atoms with Crippen molar-refractivity contribution in [3.63, 3.8) is 0 Å². The smallest absolute Gasteiger partial charge is 0.292 e. The predicted octanol–water partition coefficient (Wildman–Crippen LogP) is 5.10. The summed E-state index contributed by atoms with van der Waals surface area (Å²) >= 11 is 8.43. The molecule has 0 fully saturated rings. The topological polar surface area (TPSA) is 55.2 Å². The summed E-state index contributed by atoms with van der Waals surface area (Å²) in [5.74, 6) is 0. The molecule has 1 heterocycles. The Morgan fingerprint density at radius 2 is 2.11 bits per heavy atom. The molecule has 2 aromatic rings. The Kier molecular flexibility index (Phi) is 4.59. The van der Waals surface area contributed by atoms with Crippen LogP contribution in [0.15, 0.2) is 32.5 Å². The molecule has 0 bridgehead atoms. The van der Waals surface area contributed by atoms with E-state index in [-0.39, 0.29) is 10.6 Å². The fourth-order valence-corrected chi connectivity index (χ4v) is 3.72. The second kappa shape index (κ2) is 6.02. The van der Waals surface area contributed by atoms with Crippen molar-refractivity contribution in [2.45, 2.75) is 13.5 Å². The lowest BCUT2D eigenvalue weighted by molar-refractivity contribution is -0.384.